The van der Waals surface area contributed by atoms with Crippen LogP contribution < -0.4 is 0 Å². The van der Waals surface area contributed by atoms with Crippen molar-refractivity contribution in [3.05, 3.63) is 52.9 Å². The third-order valence-corrected chi connectivity index (χ3v) is 3.74. The van der Waals surface area contributed by atoms with Crippen LogP contribution in [0, 0.1) is 6.92 Å². The number of carboxylic acids is 1. The second-order valence-corrected chi connectivity index (χ2v) is 5.10. The van der Waals surface area contributed by atoms with Crippen molar-refractivity contribution in [1.82, 2.24) is 10.1 Å². The molecular weight excluding hydrogens is 272 g/mol. The first kappa shape index (κ1) is 13.4. The Bertz CT molecular complexity index is 707. The standard InChI is InChI=1S/C15H14N2O4/c1-9-7-16-21-13(9)14(18)17-8-11-5-3-2-4-10(11)6-12(17)15(19)20/h2-5,7,12H,6,8H2,1H3,(H,19,20). The predicted octanol–water partition coefficient (Wildman–Crippen LogP) is 1.63. The number of rotatable bonds is 2. The number of carbonyl (C=O) groups excluding carboxylic acids is 1. The van der Waals surface area contributed by atoms with Crippen LogP contribution in [0.2, 0.25) is 0 Å². The van der Waals surface area contributed by atoms with Crippen molar-refractivity contribution in [3.63, 3.8) is 0 Å². The molecule has 3 rings (SSSR count). The minimum absolute atomic E-state index is 0.0978. The molecule has 108 valence electrons. The summed E-state index contributed by atoms with van der Waals surface area (Å²) in [4.78, 5) is 25.4. The molecule has 0 aliphatic carbocycles. The number of carboxylic acid groups (broad SMARTS) is 1. The smallest absolute Gasteiger partial charge is 0.326 e. The summed E-state index contributed by atoms with van der Waals surface area (Å²) in [5.74, 6) is -1.36. The highest BCUT2D eigenvalue weighted by molar-refractivity contribution is 5.95. The van der Waals surface area contributed by atoms with E-state index in [1.807, 2.05) is 24.3 Å². The molecule has 2 aromatic rings. The van der Waals surface area contributed by atoms with Crippen LogP contribution in [-0.4, -0.2) is 33.1 Å². The van der Waals surface area contributed by atoms with E-state index in [1.165, 1.54) is 11.1 Å². The van der Waals surface area contributed by atoms with Gasteiger partial charge in [-0.3, -0.25) is 4.79 Å². The summed E-state index contributed by atoms with van der Waals surface area (Å²) >= 11 is 0. The van der Waals surface area contributed by atoms with Crippen LogP contribution in [0.15, 0.2) is 35.0 Å². The summed E-state index contributed by atoms with van der Waals surface area (Å²) in [6, 6.07) is 6.66. The van der Waals surface area contributed by atoms with Crippen LogP contribution >= 0.6 is 0 Å². The van der Waals surface area contributed by atoms with Crippen LogP contribution in [0.4, 0.5) is 0 Å². The number of amides is 1. The topological polar surface area (TPSA) is 83.6 Å². The fourth-order valence-corrected chi connectivity index (χ4v) is 2.58. The number of hydrogen-bond acceptors (Lipinski definition) is 4. The van der Waals surface area contributed by atoms with E-state index < -0.39 is 17.9 Å². The van der Waals surface area contributed by atoms with Crippen molar-refractivity contribution in [2.24, 2.45) is 0 Å². The Morgan fingerprint density at radius 3 is 2.67 bits per heavy atom. The highest BCUT2D eigenvalue weighted by Gasteiger charge is 2.36. The highest BCUT2D eigenvalue weighted by atomic mass is 16.5. The predicted molar refractivity (Wildman–Crippen MR) is 72.7 cm³/mol. The summed E-state index contributed by atoms with van der Waals surface area (Å²) in [5.41, 5.74) is 2.52. The summed E-state index contributed by atoms with van der Waals surface area (Å²) in [6.45, 7) is 1.96. The molecule has 1 N–H and O–H groups in total. The first-order valence-electron chi connectivity index (χ1n) is 6.59. The number of nitrogens with zero attached hydrogens (tertiary/aromatic N) is 2. The Kier molecular flexibility index (Phi) is 3.21. The van der Waals surface area contributed by atoms with Crippen molar-refractivity contribution in [2.45, 2.75) is 25.9 Å². The molecule has 0 fully saturated rings. The number of carbonyl (C=O) groups is 2. The Labute approximate surface area is 121 Å². The lowest BCUT2D eigenvalue weighted by atomic mass is 9.93. The zero-order valence-corrected chi connectivity index (χ0v) is 11.4. The van der Waals surface area contributed by atoms with E-state index in [9.17, 15) is 14.7 Å². The second-order valence-electron chi connectivity index (χ2n) is 5.10. The fourth-order valence-electron chi connectivity index (χ4n) is 2.58. The first-order valence-corrected chi connectivity index (χ1v) is 6.59. The Hall–Kier alpha value is -2.63. The van der Waals surface area contributed by atoms with Crippen molar-refractivity contribution in [1.29, 1.82) is 0 Å². The van der Waals surface area contributed by atoms with Gasteiger partial charge in [0.15, 0.2) is 0 Å². The van der Waals surface area contributed by atoms with Crippen molar-refractivity contribution >= 4 is 11.9 Å². The first-order chi connectivity index (χ1) is 10.1. The van der Waals surface area contributed by atoms with Crippen LogP contribution in [0.5, 0.6) is 0 Å². The van der Waals surface area contributed by atoms with Gasteiger partial charge in [0.05, 0.1) is 6.20 Å². The molecule has 1 aromatic heterocycles. The van der Waals surface area contributed by atoms with Gasteiger partial charge in [0.25, 0.3) is 5.91 Å². The second kappa shape index (κ2) is 5.05. The quantitative estimate of drug-likeness (QED) is 0.907. The van der Waals surface area contributed by atoms with E-state index in [0.29, 0.717) is 12.0 Å². The molecule has 1 aliphatic rings. The van der Waals surface area contributed by atoms with E-state index in [-0.39, 0.29) is 12.3 Å². The minimum Gasteiger partial charge on any atom is -0.480 e. The molecule has 1 unspecified atom stereocenters. The molecule has 6 nitrogen and oxygen atoms in total. The van der Waals surface area contributed by atoms with Gasteiger partial charge in [0.1, 0.15) is 6.04 Å². The number of aliphatic carboxylic acids is 1. The largest absolute Gasteiger partial charge is 0.480 e. The summed E-state index contributed by atoms with van der Waals surface area (Å²) in [6.07, 6.45) is 1.74. The van der Waals surface area contributed by atoms with E-state index in [1.54, 1.807) is 6.92 Å². The van der Waals surface area contributed by atoms with Gasteiger partial charge in [-0.25, -0.2) is 4.79 Å². The molecule has 1 aliphatic heterocycles. The molecule has 2 heterocycles. The Balaban J connectivity index is 1.98. The third kappa shape index (κ3) is 2.29. The van der Waals surface area contributed by atoms with Crippen molar-refractivity contribution in [3.8, 4) is 0 Å². The van der Waals surface area contributed by atoms with E-state index in [2.05, 4.69) is 5.16 Å². The van der Waals surface area contributed by atoms with Gasteiger partial charge in [-0.1, -0.05) is 29.4 Å². The van der Waals surface area contributed by atoms with Gasteiger partial charge >= 0.3 is 5.97 Å². The molecule has 1 atom stereocenters. The highest BCUT2D eigenvalue weighted by Crippen LogP contribution is 2.25. The monoisotopic (exact) mass is 286 g/mol. The van der Waals surface area contributed by atoms with Crippen LogP contribution in [0.1, 0.15) is 27.2 Å². The zero-order valence-electron chi connectivity index (χ0n) is 11.4. The van der Waals surface area contributed by atoms with Crippen LogP contribution in [-0.2, 0) is 17.8 Å². The molecule has 1 amide bonds. The van der Waals surface area contributed by atoms with Crippen LogP contribution in [0.25, 0.3) is 0 Å². The maximum absolute atomic E-state index is 12.5. The maximum atomic E-state index is 12.5. The maximum Gasteiger partial charge on any atom is 0.326 e. The summed E-state index contributed by atoms with van der Waals surface area (Å²) in [5, 5.41) is 13.0. The molecule has 0 radical (unpaired) electrons. The van der Waals surface area contributed by atoms with E-state index in [0.717, 1.165) is 11.1 Å². The number of hydrogen-bond donors (Lipinski definition) is 1. The number of fused-ring (bicyclic) bond motifs is 1. The van der Waals surface area contributed by atoms with Gasteiger partial charge in [-0.05, 0) is 18.1 Å². The lowest BCUT2D eigenvalue weighted by Gasteiger charge is -2.33. The minimum atomic E-state index is -1.02. The SMILES string of the molecule is Cc1cnoc1C(=O)N1Cc2ccccc2CC1C(=O)O. The summed E-state index contributed by atoms with van der Waals surface area (Å²) < 4.78 is 4.96. The molecule has 0 saturated heterocycles. The third-order valence-electron chi connectivity index (χ3n) is 3.74. The average Bonchev–Trinajstić information content (AvgIpc) is 2.91. The summed E-state index contributed by atoms with van der Waals surface area (Å²) in [7, 11) is 0. The molecule has 1 aromatic carbocycles. The molecule has 21 heavy (non-hydrogen) atoms. The number of aromatic nitrogens is 1. The van der Waals surface area contributed by atoms with Gasteiger partial charge in [0.2, 0.25) is 5.76 Å². The Morgan fingerprint density at radius 1 is 1.33 bits per heavy atom. The fraction of sp³-hybridized carbons (Fsp3) is 0.267. The normalized spacial score (nSPS) is 17.4. The average molecular weight is 286 g/mol. The van der Waals surface area contributed by atoms with Gasteiger partial charge < -0.3 is 14.5 Å². The van der Waals surface area contributed by atoms with E-state index >= 15 is 0 Å². The number of benzene rings is 1. The van der Waals surface area contributed by atoms with Crippen molar-refractivity contribution < 1.29 is 19.2 Å². The molecule has 0 bridgehead atoms. The molecule has 6 heteroatoms. The molecule has 0 saturated carbocycles. The van der Waals surface area contributed by atoms with Gasteiger partial charge in [0, 0.05) is 18.5 Å². The molecular formula is C15H14N2O4. The lowest BCUT2D eigenvalue weighted by molar-refractivity contribution is -0.142. The van der Waals surface area contributed by atoms with E-state index in [4.69, 9.17) is 4.52 Å². The zero-order chi connectivity index (χ0) is 15.0. The molecule has 0 spiro atoms. The van der Waals surface area contributed by atoms with Crippen molar-refractivity contribution in [2.75, 3.05) is 0 Å². The van der Waals surface area contributed by atoms with Gasteiger partial charge in [-0.2, -0.15) is 0 Å². The Morgan fingerprint density at radius 2 is 2.05 bits per heavy atom. The van der Waals surface area contributed by atoms with Crippen LogP contribution in [0.3, 0.4) is 0 Å². The lowest BCUT2D eigenvalue weighted by Crippen LogP contribution is -2.48. The van der Waals surface area contributed by atoms with Gasteiger partial charge in [-0.15, -0.1) is 0 Å². The number of aryl methyl sites for hydroxylation is 1.